The van der Waals surface area contributed by atoms with Crippen molar-refractivity contribution in [1.29, 1.82) is 0 Å². The second-order valence-corrected chi connectivity index (χ2v) is 3.15. The van der Waals surface area contributed by atoms with Crippen molar-refractivity contribution in [3.8, 4) is 0 Å². The summed E-state index contributed by atoms with van der Waals surface area (Å²) in [4.78, 5) is 0. The maximum atomic E-state index is 5.82. The van der Waals surface area contributed by atoms with E-state index in [1.165, 1.54) is 0 Å². The van der Waals surface area contributed by atoms with E-state index in [1.54, 1.807) is 7.11 Å². The maximum Gasteiger partial charge on any atom is 0.0661 e. The van der Waals surface area contributed by atoms with E-state index in [-0.39, 0.29) is 0 Å². The fraction of sp³-hybridized carbons (Fsp3) is 1.00. The summed E-state index contributed by atoms with van der Waals surface area (Å²) in [5.41, 5.74) is 11.1. The number of hydrogen-bond acceptors (Lipinski definition) is 3. The molecule has 1 atom stereocenters. The van der Waals surface area contributed by atoms with Gasteiger partial charge in [-0.15, -0.1) is 0 Å². The van der Waals surface area contributed by atoms with Gasteiger partial charge in [-0.3, -0.25) is 0 Å². The first-order valence-electron chi connectivity index (χ1n) is 4.11. The predicted molar refractivity (Wildman–Crippen MR) is 47.1 cm³/mol. The molecule has 1 unspecified atom stereocenters. The van der Waals surface area contributed by atoms with Crippen molar-refractivity contribution >= 4 is 0 Å². The van der Waals surface area contributed by atoms with Crippen LogP contribution in [0.2, 0.25) is 0 Å². The van der Waals surface area contributed by atoms with Gasteiger partial charge >= 0.3 is 0 Å². The van der Waals surface area contributed by atoms with E-state index in [2.05, 4.69) is 6.92 Å². The predicted octanol–water partition coefficient (Wildman–Crippen LogP) is 0.683. The summed E-state index contributed by atoms with van der Waals surface area (Å²) < 4.78 is 4.94. The second-order valence-electron chi connectivity index (χ2n) is 3.15. The zero-order valence-corrected chi connectivity index (χ0v) is 7.76. The molecule has 0 bridgehead atoms. The first kappa shape index (κ1) is 10.9. The van der Waals surface area contributed by atoms with Gasteiger partial charge < -0.3 is 16.2 Å². The molecule has 0 saturated heterocycles. The van der Waals surface area contributed by atoms with Gasteiger partial charge in [-0.05, 0) is 18.8 Å². The monoisotopic (exact) mass is 160 g/mol. The largest absolute Gasteiger partial charge is 0.385 e. The number of methoxy groups -OCH3 is 1. The topological polar surface area (TPSA) is 61.3 Å². The lowest BCUT2D eigenvalue weighted by atomic mass is 9.91. The average molecular weight is 160 g/mol. The lowest BCUT2D eigenvalue weighted by molar-refractivity contribution is 0.154. The summed E-state index contributed by atoms with van der Waals surface area (Å²) in [6, 6.07) is 0. The Morgan fingerprint density at radius 1 is 1.45 bits per heavy atom. The molecule has 0 amide bonds. The zero-order valence-electron chi connectivity index (χ0n) is 7.76. The Bertz CT molecular complexity index is 104. The summed E-state index contributed by atoms with van der Waals surface area (Å²) in [7, 11) is 1.69. The molecular weight excluding hydrogens is 140 g/mol. The van der Waals surface area contributed by atoms with Crippen LogP contribution in [0.5, 0.6) is 0 Å². The first-order valence-corrected chi connectivity index (χ1v) is 4.11. The van der Waals surface area contributed by atoms with Gasteiger partial charge in [0.05, 0.1) is 5.66 Å². The molecule has 0 radical (unpaired) electrons. The third-order valence-corrected chi connectivity index (χ3v) is 2.28. The average Bonchev–Trinajstić information content (AvgIpc) is 2.00. The van der Waals surface area contributed by atoms with E-state index >= 15 is 0 Å². The summed E-state index contributed by atoms with van der Waals surface area (Å²) in [6.07, 6.45) is 1.73. The van der Waals surface area contributed by atoms with Gasteiger partial charge in [0.25, 0.3) is 0 Å². The highest BCUT2D eigenvalue weighted by atomic mass is 16.5. The minimum Gasteiger partial charge on any atom is -0.385 e. The second kappa shape index (κ2) is 4.70. The van der Waals surface area contributed by atoms with Crippen LogP contribution in [0.4, 0.5) is 0 Å². The van der Waals surface area contributed by atoms with Crippen molar-refractivity contribution in [3.63, 3.8) is 0 Å². The normalized spacial score (nSPS) is 15.0. The van der Waals surface area contributed by atoms with E-state index in [4.69, 9.17) is 16.2 Å². The molecule has 0 aromatic carbocycles. The van der Waals surface area contributed by atoms with Crippen LogP contribution in [0.25, 0.3) is 0 Å². The fourth-order valence-electron chi connectivity index (χ4n) is 0.912. The van der Waals surface area contributed by atoms with Crippen LogP contribution in [0.1, 0.15) is 26.7 Å². The smallest absolute Gasteiger partial charge is 0.0661 e. The maximum absolute atomic E-state index is 5.82. The Morgan fingerprint density at radius 2 is 2.00 bits per heavy atom. The third-order valence-electron chi connectivity index (χ3n) is 2.28. The molecule has 3 nitrogen and oxygen atoms in total. The van der Waals surface area contributed by atoms with Crippen LogP contribution in [-0.4, -0.2) is 19.4 Å². The molecular formula is C8H20N2O. The SMILES string of the molecule is CCC(N)(N)C(C)CCOC. The van der Waals surface area contributed by atoms with Gasteiger partial charge in [0.15, 0.2) is 0 Å². The molecule has 0 fully saturated rings. The Kier molecular flexibility index (Phi) is 4.65. The van der Waals surface area contributed by atoms with Gasteiger partial charge in [-0.2, -0.15) is 0 Å². The molecule has 0 spiro atoms. The van der Waals surface area contributed by atoms with Gasteiger partial charge in [0, 0.05) is 13.7 Å². The van der Waals surface area contributed by atoms with Gasteiger partial charge in [-0.1, -0.05) is 13.8 Å². The van der Waals surface area contributed by atoms with Crippen LogP contribution in [0, 0.1) is 5.92 Å². The summed E-state index contributed by atoms with van der Waals surface area (Å²) >= 11 is 0. The molecule has 0 aliphatic heterocycles. The van der Waals surface area contributed by atoms with Crippen molar-refractivity contribution in [3.05, 3.63) is 0 Å². The molecule has 0 aromatic heterocycles. The molecule has 0 heterocycles. The first-order chi connectivity index (χ1) is 5.04. The number of nitrogens with two attached hydrogens (primary N) is 2. The molecule has 0 aliphatic carbocycles. The number of ether oxygens (including phenoxy) is 1. The molecule has 0 rings (SSSR count). The molecule has 0 aliphatic rings. The molecule has 4 N–H and O–H groups in total. The van der Waals surface area contributed by atoms with E-state index in [1.807, 2.05) is 6.92 Å². The third kappa shape index (κ3) is 3.70. The molecule has 11 heavy (non-hydrogen) atoms. The molecule has 68 valence electrons. The van der Waals surface area contributed by atoms with E-state index in [0.29, 0.717) is 5.92 Å². The lowest BCUT2D eigenvalue weighted by Crippen LogP contribution is -2.54. The Labute approximate surface area is 69.1 Å². The Balaban J connectivity index is 3.71. The molecule has 0 aromatic rings. The van der Waals surface area contributed by atoms with E-state index in [9.17, 15) is 0 Å². The number of rotatable bonds is 5. The van der Waals surface area contributed by atoms with Gasteiger partial charge in [0.1, 0.15) is 0 Å². The van der Waals surface area contributed by atoms with Crippen molar-refractivity contribution < 1.29 is 4.74 Å². The van der Waals surface area contributed by atoms with Gasteiger partial charge in [-0.25, -0.2) is 0 Å². The molecule has 3 heteroatoms. The van der Waals surface area contributed by atoms with E-state index < -0.39 is 5.66 Å². The summed E-state index contributed by atoms with van der Waals surface area (Å²) in [6.45, 7) is 4.79. The van der Waals surface area contributed by atoms with Crippen LogP contribution in [0.3, 0.4) is 0 Å². The minimum atomic E-state index is -0.529. The fourth-order valence-corrected chi connectivity index (χ4v) is 0.912. The Hall–Kier alpha value is -0.120. The zero-order chi connectivity index (χ0) is 8.91. The lowest BCUT2D eigenvalue weighted by Gasteiger charge is -2.30. The highest BCUT2D eigenvalue weighted by molar-refractivity contribution is 4.80. The quantitative estimate of drug-likeness (QED) is 0.581. The van der Waals surface area contributed by atoms with Crippen molar-refractivity contribution in [2.75, 3.05) is 13.7 Å². The standard InChI is InChI=1S/C8H20N2O/c1-4-8(9,10)7(2)5-6-11-3/h7H,4-6,9-10H2,1-3H3. The van der Waals surface area contributed by atoms with Crippen LogP contribution in [0.15, 0.2) is 0 Å². The summed E-state index contributed by atoms with van der Waals surface area (Å²) in [5.74, 6) is 0.312. The number of hydrogen-bond donors (Lipinski definition) is 2. The minimum absolute atomic E-state index is 0.312. The Morgan fingerprint density at radius 3 is 2.36 bits per heavy atom. The van der Waals surface area contributed by atoms with Crippen molar-refractivity contribution in [2.45, 2.75) is 32.4 Å². The van der Waals surface area contributed by atoms with E-state index in [0.717, 1.165) is 19.4 Å². The van der Waals surface area contributed by atoms with Crippen LogP contribution >= 0.6 is 0 Å². The van der Waals surface area contributed by atoms with Crippen LogP contribution in [-0.2, 0) is 4.74 Å². The van der Waals surface area contributed by atoms with Crippen molar-refractivity contribution in [1.82, 2.24) is 0 Å². The highest BCUT2D eigenvalue weighted by Gasteiger charge is 2.24. The van der Waals surface area contributed by atoms with Crippen molar-refractivity contribution in [2.24, 2.45) is 17.4 Å². The summed E-state index contributed by atoms with van der Waals surface area (Å²) in [5, 5.41) is 0. The van der Waals surface area contributed by atoms with Gasteiger partial charge in [0.2, 0.25) is 0 Å². The highest BCUT2D eigenvalue weighted by Crippen LogP contribution is 2.15. The van der Waals surface area contributed by atoms with Crippen LogP contribution < -0.4 is 11.5 Å². The molecule has 0 saturated carbocycles.